The lowest BCUT2D eigenvalue weighted by Gasteiger charge is -2.09. The maximum absolute atomic E-state index is 5.46. The summed E-state index contributed by atoms with van der Waals surface area (Å²) in [5, 5.41) is 4.07. The lowest BCUT2D eigenvalue weighted by Crippen LogP contribution is -2.02. The third kappa shape index (κ3) is 3.16. The summed E-state index contributed by atoms with van der Waals surface area (Å²) in [5.74, 6) is 1.54. The van der Waals surface area contributed by atoms with E-state index in [-0.39, 0.29) is 5.92 Å². The van der Waals surface area contributed by atoms with Crippen LogP contribution in [-0.2, 0) is 6.42 Å². The molecule has 1 unspecified atom stereocenters. The van der Waals surface area contributed by atoms with Crippen LogP contribution in [0, 0.1) is 0 Å². The van der Waals surface area contributed by atoms with Crippen LogP contribution >= 0.6 is 0 Å². The number of pyridine rings is 1. The zero-order valence-corrected chi connectivity index (χ0v) is 11.9. The summed E-state index contributed by atoms with van der Waals surface area (Å²) in [4.78, 5) is 8.61. The van der Waals surface area contributed by atoms with Crippen molar-refractivity contribution < 1.29 is 4.52 Å². The van der Waals surface area contributed by atoms with Gasteiger partial charge in [-0.25, -0.2) is 0 Å². The predicted octanol–water partition coefficient (Wildman–Crippen LogP) is 3.87. The normalized spacial score (nSPS) is 12.2. The van der Waals surface area contributed by atoms with E-state index in [1.807, 2.05) is 18.2 Å². The molecule has 106 valence electrons. The van der Waals surface area contributed by atoms with Crippen LogP contribution in [0.2, 0.25) is 0 Å². The Kier molecular flexibility index (Phi) is 4.05. The highest BCUT2D eigenvalue weighted by Crippen LogP contribution is 2.25. The van der Waals surface area contributed by atoms with Crippen LogP contribution in [-0.4, -0.2) is 15.1 Å². The van der Waals surface area contributed by atoms with Gasteiger partial charge in [0.15, 0.2) is 0 Å². The second-order valence-electron chi connectivity index (χ2n) is 4.99. The standard InChI is InChI=1S/C17H17N3O/c1-2-14(11-13-7-4-3-5-8-13)17-19-16(20-21-17)15-9-6-10-18-12-15/h3-10,12,14H,2,11H2,1H3. The lowest BCUT2D eigenvalue weighted by molar-refractivity contribution is 0.348. The number of benzene rings is 1. The van der Waals surface area contributed by atoms with E-state index in [0.29, 0.717) is 11.7 Å². The second-order valence-corrected chi connectivity index (χ2v) is 4.99. The first kappa shape index (κ1) is 13.5. The van der Waals surface area contributed by atoms with E-state index < -0.39 is 0 Å². The van der Waals surface area contributed by atoms with Crippen molar-refractivity contribution in [1.29, 1.82) is 0 Å². The maximum Gasteiger partial charge on any atom is 0.230 e. The molecule has 1 atom stereocenters. The maximum atomic E-state index is 5.46. The van der Waals surface area contributed by atoms with Crippen molar-refractivity contribution in [2.24, 2.45) is 0 Å². The zero-order chi connectivity index (χ0) is 14.5. The van der Waals surface area contributed by atoms with Gasteiger partial charge < -0.3 is 4.52 Å². The van der Waals surface area contributed by atoms with Gasteiger partial charge in [0.2, 0.25) is 11.7 Å². The molecule has 4 nitrogen and oxygen atoms in total. The van der Waals surface area contributed by atoms with Gasteiger partial charge in [-0.1, -0.05) is 42.4 Å². The quantitative estimate of drug-likeness (QED) is 0.711. The first-order valence-corrected chi connectivity index (χ1v) is 7.14. The van der Waals surface area contributed by atoms with Crippen LogP contribution in [0.15, 0.2) is 59.4 Å². The van der Waals surface area contributed by atoms with E-state index >= 15 is 0 Å². The fraction of sp³-hybridized carbons (Fsp3) is 0.235. The number of rotatable bonds is 5. The molecule has 0 radical (unpaired) electrons. The largest absolute Gasteiger partial charge is 0.339 e. The SMILES string of the molecule is CCC(Cc1ccccc1)c1nc(-c2cccnc2)no1. The van der Waals surface area contributed by atoms with Crippen molar-refractivity contribution in [3.63, 3.8) is 0 Å². The van der Waals surface area contributed by atoms with E-state index in [4.69, 9.17) is 4.52 Å². The van der Waals surface area contributed by atoms with E-state index in [1.54, 1.807) is 12.4 Å². The molecule has 21 heavy (non-hydrogen) atoms. The average molecular weight is 279 g/mol. The summed E-state index contributed by atoms with van der Waals surface area (Å²) in [6.45, 7) is 2.14. The molecular formula is C17H17N3O. The van der Waals surface area contributed by atoms with Crippen molar-refractivity contribution in [2.45, 2.75) is 25.7 Å². The van der Waals surface area contributed by atoms with E-state index in [1.165, 1.54) is 5.56 Å². The summed E-state index contributed by atoms with van der Waals surface area (Å²) in [7, 11) is 0. The Morgan fingerprint density at radius 1 is 1.10 bits per heavy atom. The minimum absolute atomic E-state index is 0.241. The summed E-state index contributed by atoms with van der Waals surface area (Å²) in [6, 6.07) is 14.2. The van der Waals surface area contributed by atoms with Crippen LogP contribution in [0.3, 0.4) is 0 Å². The Balaban J connectivity index is 1.81. The van der Waals surface area contributed by atoms with Gasteiger partial charge in [-0.3, -0.25) is 4.98 Å². The van der Waals surface area contributed by atoms with E-state index in [9.17, 15) is 0 Å². The van der Waals surface area contributed by atoms with Crippen LogP contribution in [0.4, 0.5) is 0 Å². The highest BCUT2D eigenvalue weighted by atomic mass is 16.5. The first-order valence-electron chi connectivity index (χ1n) is 7.14. The molecule has 0 fully saturated rings. The Bertz CT molecular complexity index is 680. The molecule has 3 rings (SSSR count). The summed E-state index contributed by atoms with van der Waals surface area (Å²) >= 11 is 0. The first-order chi connectivity index (χ1) is 10.4. The molecule has 0 saturated heterocycles. The zero-order valence-electron chi connectivity index (χ0n) is 11.9. The van der Waals surface area contributed by atoms with Crippen molar-refractivity contribution in [3.05, 3.63) is 66.3 Å². The smallest absolute Gasteiger partial charge is 0.230 e. The molecule has 1 aromatic carbocycles. The highest BCUT2D eigenvalue weighted by Gasteiger charge is 2.18. The van der Waals surface area contributed by atoms with Gasteiger partial charge in [0.05, 0.1) is 0 Å². The fourth-order valence-electron chi connectivity index (χ4n) is 2.32. The molecule has 0 aliphatic rings. The van der Waals surface area contributed by atoms with Crippen LogP contribution in [0.1, 0.15) is 30.7 Å². The van der Waals surface area contributed by atoms with Gasteiger partial charge in [0, 0.05) is 23.9 Å². The number of nitrogens with zero attached hydrogens (tertiary/aromatic N) is 3. The Hall–Kier alpha value is -2.49. The van der Waals surface area contributed by atoms with Crippen molar-refractivity contribution in [2.75, 3.05) is 0 Å². The van der Waals surface area contributed by atoms with Crippen molar-refractivity contribution >= 4 is 0 Å². The van der Waals surface area contributed by atoms with Gasteiger partial charge in [0.1, 0.15) is 0 Å². The molecule has 0 N–H and O–H groups in total. The Morgan fingerprint density at radius 3 is 2.67 bits per heavy atom. The number of aromatic nitrogens is 3. The monoisotopic (exact) mass is 279 g/mol. The lowest BCUT2D eigenvalue weighted by atomic mass is 9.97. The molecule has 0 bridgehead atoms. The molecule has 0 spiro atoms. The molecule has 0 aliphatic heterocycles. The second kappa shape index (κ2) is 6.31. The van der Waals surface area contributed by atoms with Crippen molar-refractivity contribution in [3.8, 4) is 11.4 Å². The van der Waals surface area contributed by atoms with Gasteiger partial charge in [-0.15, -0.1) is 0 Å². The van der Waals surface area contributed by atoms with Crippen LogP contribution < -0.4 is 0 Å². The summed E-state index contributed by atoms with van der Waals surface area (Å²) in [6.07, 6.45) is 5.34. The number of hydrogen-bond donors (Lipinski definition) is 0. The molecule has 0 saturated carbocycles. The Morgan fingerprint density at radius 2 is 1.95 bits per heavy atom. The number of hydrogen-bond acceptors (Lipinski definition) is 4. The van der Waals surface area contributed by atoms with Crippen molar-refractivity contribution in [1.82, 2.24) is 15.1 Å². The summed E-state index contributed by atoms with van der Waals surface area (Å²) < 4.78 is 5.46. The fourth-order valence-corrected chi connectivity index (χ4v) is 2.32. The molecule has 0 aliphatic carbocycles. The Labute approximate surface area is 123 Å². The topological polar surface area (TPSA) is 51.8 Å². The van der Waals surface area contributed by atoms with E-state index in [0.717, 1.165) is 18.4 Å². The minimum atomic E-state index is 0.241. The minimum Gasteiger partial charge on any atom is -0.339 e. The predicted molar refractivity (Wildman–Crippen MR) is 80.7 cm³/mol. The van der Waals surface area contributed by atoms with Crippen LogP contribution in [0.25, 0.3) is 11.4 Å². The molecule has 4 heteroatoms. The molecule has 2 heterocycles. The van der Waals surface area contributed by atoms with Crippen LogP contribution in [0.5, 0.6) is 0 Å². The van der Waals surface area contributed by atoms with Gasteiger partial charge in [-0.2, -0.15) is 4.98 Å². The molecule has 0 amide bonds. The molecule has 2 aromatic heterocycles. The van der Waals surface area contributed by atoms with E-state index in [2.05, 4.69) is 46.3 Å². The molecular weight excluding hydrogens is 262 g/mol. The third-order valence-electron chi connectivity index (χ3n) is 3.53. The van der Waals surface area contributed by atoms with Gasteiger partial charge in [0.25, 0.3) is 0 Å². The average Bonchev–Trinajstić information content (AvgIpc) is 3.04. The summed E-state index contributed by atoms with van der Waals surface area (Å²) in [5.41, 5.74) is 2.16. The van der Waals surface area contributed by atoms with Gasteiger partial charge >= 0.3 is 0 Å². The highest BCUT2D eigenvalue weighted by molar-refractivity contribution is 5.51. The third-order valence-corrected chi connectivity index (χ3v) is 3.53. The molecule has 3 aromatic rings. The van der Waals surface area contributed by atoms with Gasteiger partial charge in [-0.05, 0) is 30.5 Å².